The highest BCUT2D eigenvalue weighted by Crippen LogP contribution is 2.29. The maximum absolute atomic E-state index is 11.8. The van der Waals surface area contributed by atoms with Crippen LogP contribution in [0.1, 0.15) is 19.4 Å². The molecule has 1 aliphatic heterocycles. The van der Waals surface area contributed by atoms with Gasteiger partial charge in [0.15, 0.2) is 0 Å². The first-order chi connectivity index (χ1) is 7.68. The van der Waals surface area contributed by atoms with Gasteiger partial charge in [0.25, 0.3) is 0 Å². The predicted molar refractivity (Wildman–Crippen MR) is 68.8 cm³/mol. The number of amides is 1. The van der Waals surface area contributed by atoms with E-state index in [2.05, 4.69) is 19.2 Å². The Morgan fingerprint density at radius 3 is 2.50 bits per heavy atom. The molecule has 0 saturated heterocycles. The summed E-state index contributed by atoms with van der Waals surface area (Å²) in [5.41, 5.74) is 1.97. The van der Waals surface area contributed by atoms with Gasteiger partial charge in [-0.25, -0.2) is 0 Å². The number of hydrogen-bond acceptors (Lipinski definition) is 2. The molecule has 1 N–H and O–H groups in total. The molecular formula is C13H15NOS. The van der Waals surface area contributed by atoms with E-state index in [1.807, 2.05) is 35.7 Å². The van der Waals surface area contributed by atoms with Gasteiger partial charge in [-0.1, -0.05) is 44.2 Å². The molecule has 0 spiro atoms. The van der Waals surface area contributed by atoms with Crippen LogP contribution in [0.15, 0.2) is 35.7 Å². The number of carbonyl (C=O) groups excluding carboxylic acids is 1. The molecule has 0 saturated carbocycles. The first kappa shape index (κ1) is 11.3. The quantitative estimate of drug-likeness (QED) is 0.851. The monoisotopic (exact) mass is 233 g/mol. The smallest absolute Gasteiger partial charge is 0.238 e. The van der Waals surface area contributed by atoms with Gasteiger partial charge in [-0.2, -0.15) is 0 Å². The van der Waals surface area contributed by atoms with E-state index in [0.717, 1.165) is 11.3 Å². The van der Waals surface area contributed by atoms with Gasteiger partial charge in [0.1, 0.15) is 0 Å². The molecule has 1 aliphatic rings. The molecule has 0 aromatic heterocycles. The van der Waals surface area contributed by atoms with Crippen molar-refractivity contribution in [3.8, 4) is 0 Å². The average molecular weight is 233 g/mol. The maximum atomic E-state index is 11.8. The summed E-state index contributed by atoms with van der Waals surface area (Å²) in [7, 11) is 0. The van der Waals surface area contributed by atoms with Crippen molar-refractivity contribution >= 4 is 23.4 Å². The third-order valence-corrected chi connectivity index (χ3v) is 3.96. The van der Waals surface area contributed by atoms with E-state index < -0.39 is 0 Å². The summed E-state index contributed by atoms with van der Waals surface area (Å²) < 4.78 is 0. The van der Waals surface area contributed by atoms with Crippen LogP contribution < -0.4 is 5.32 Å². The lowest BCUT2D eigenvalue weighted by atomic mass is 10.1. The Kier molecular flexibility index (Phi) is 3.34. The molecule has 3 heteroatoms. The fraction of sp³-hybridized carbons (Fsp3) is 0.308. The molecule has 1 aromatic carbocycles. The second-order valence-electron chi connectivity index (χ2n) is 4.19. The van der Waals surface area contributed by atoms with Gasteiger partial charge in [-0.3, -0.25) is 4.79 Å². The summed E-state index contributed by atoms with van der Waals surface area (Å²) >= 11 is 1.61. The number of thioether (sulfide) groups is 1. The highest BCUT2D eigenvalue weighted by molar-refractivity contribution is 8.03. The first-order valence-corrected chi connectivity index (χ1v) is 6.34. The maximum Gasteiger partial charge on any atom is 0.238 e. The molecule has 0 bridgehead atoms. The van der Waals surface area contributed by atoms with Crippen molar-refractivity contribution in [3.63, 3.8) is 0 Å². The van der Waals surface area contributed by atoms with Gasteiger partial charge in [0.05, 0.1) is 10.9 Å². The van der Waals surface area contributed by atoms with Crippen LogP contribution in [0.2, 0.25) is 0 Å². The summed E-state index contributed by atoms with van der Waals surface area (Å²) in [6.07, 6.45) is 0. The number of carbonyl (C=O) groups is 1. The Morgan fingerprint density at radius 2 is 1.94 bits per heavy atom. The van der Waals surface area contributed by atoms with Gasteiger partial charge in [0, 0.05) is 0 Å². The van der Waals surface area contributed by atoms with Gasteiger partial charge in [-0.15, -0.1) is 11.8 Å². The van der Waals surface area contributed by atoms with Crippen LogP contribution in [0, 0.1) is 5.92 Å². The number of nitrogens with one attached hydrogen (secondary N) is 1. The molecule has 16 heavy (non-hydrogen) atoms. The van der Waals surface area contributed by atoms with Crippen molar-refractivity contribution in [2.24, 2.45) is 5.92 Å². The van der Waals surface area contributed by atoms with Crippen molar-refractivity contribution < 1.29 is 4.79 Å². The number of rotatable bonds is 2. The van der Waals surface area contributed by atoms with E-state index in [-0.39, 0.29) is 11.2 Å². The SMILES string of the molecule is CC(C)[C@@H]1SC=C(c2ccccc2)NC1=O. The third-order valence-electron chi connectivity index (χ3n) is 2.54. The third kappa shape index (κ3) is 2.30. The lowest BCUT2D eigenvalue weighted by Gasteiger charge is -2.24. The second-order valence-corrected chi connectivity index (χ2v) is 5.20. The number of benzene rings is 1. The Morgan fingerprint density at radius 1 is 1.25 bits per heavy atom. The van der Waals surface area contributed by atoms with Crippen molar-refractivity contribution in [1.29, 1.82) is 0 Å². The van der Waals surface area contributed by atoms with Crippen molar-refractivity contribution in [3.05, 3.63) is 41.3 Å². The average Bonchev–Trinajstić information content (AvgIpc) is 2.29. The van der Waals surface area contributed by atoms with Crippen molar-refractivity contribution in [1.82, 2.24) is 5.32 Å². The highest BCUT2D eigenvalue weighted by Gasteiger charge is 2.26. The molecule has 0 unspecified atom stereocenters. The highest BCUT2D eigenvalue weighted by atomic mass is 32.2. The van der Waals surface area contributed by atoms with Crippen LogP contribution in [-0.2, 0) is 4.79 Å². The lowest BCUT2D eigenvalue weighted by molar-refractivity contribution is -0.120. The fourth-order valence-electron chi connectivity index (χ4n) is 1.65. The van der Waals surface area contributed by atoms with Crippen LogP contribution >= 0.6 is 11.8 Å². The lowest BCUT2D eigenvalue weighted by Crippen LogP contribution is -2.37. The van der Waals surface area contributed by atoms with Crippen molar-refractivity contribution in [2.45, 2.75) is 19.1 Å². The zero-order valence-corrected chi connectivity index (χ0v) is 10.3. The van der Waals surface area contributed by atoms with Crippen molar-refractivity contribution in [2.75, 3.05) is 0 Å². The topological polar surface area (TPSA) is 29.1 Å². The van der Waals surface area contributed by atoms with Gasteiger partial charge < -0.3 is 5.32 Å². The van der Waals surface area contributed by atoms with Gasteiger partial charge >= 0.3 is 0 Å². The molecule has 1 heterocycles. The first-order valence-electron chi connectivity index (χ1n) is 5.40. The summed E-state index contributed by atoms with van der Waals surface area (Å²) in [5, 5.41) is 5.04. The molecule has 1 atom stereocenters. The minimum absolute atomic E-state index is 0.0347. The predicted octanol–water partition coefficient (Wildman–Crippen LogP) is 2.87. The van der Waals surface area contributed by atoms with Gasteiger partial charge in [-0.05, 0) is 16.9 Å². The molecule has 0 radical (unpaired) electrons. The Hall–Kier alpha value is -1.22. The molecule has 84 valence electrons. The Bertz CT molecular complexity index is 411. The Labute approximate surface area is 100 Å². The van der Waals surface area contributed by atoms with Crippen LogP contribution in [0.25, 0.3) is 5.70 Å². The van der Waals surface area contributed by atoms with Crippen LogP contribution in [0.4, 0.5) is 0 Å². The molecule has 1 amide bonds. The van der Waals surface area contributed by atoms with E-state index in [1.54, 1.807) is 11.8 Å². The summed E-state index contributed by atoms with van der Waals surface area (Å²) in [6, 6.07) is 9.92. The minimum atomic E-state index is 0.0347. The number of hydrogen-bond donors (Lipinski definition) is 1. The molecular weight excluding hydrogens is 218 g/mol. The van der Waals surface area contributed by atoms with Crippen LogP contribution in [-0.4, -0.2) is 11.2 Å². The normalized spacial score (nSPS) is 20.6. The fourth-order valence-corrected chi connectivity index (χ4v) is 2.63. The van der Waals surface area contributed by atoms with E-state index in [4.69, 9.17) is 0 Å². The molecule has 1 aromatic rings. The van der Waals surface area contributed by atoms with Crippen LogP contribution in [0.5, 0.6) is 0 Å². The summed E-state index contributed by atoms with van der Waals surface area (Å²) in [4.78, 5) is 11.8. The molecule has 0 fully saturated rings. The van der Waals surface area contributed by atoms with E-state index in [1.165, 1.54) is 0 Å². The van der Waals surface area contributed by atoms with E-state index in [0.29, 0.717) is 5.92 Å². The molecule has 2 rings (SSSR count). The van der Waals surface area contributed by atoms with Gasteiger partial charge in [0.2, 0.25) is 5.91 Å². The standard InChI is InChI=1S/C13H15NOS/c1-9(2)12-13(15)14-11(8-16-12)10-6-4-3-5-7-10/h3-9,12H,1-2H3,(H,14,15)/t12-/m0/s1. The minimum Gasteiger partial charge on any atom is -0.324 e. The summed E-state index contributed by atoms with van der Waals surface area (Å²) in [6.45, 7) is 4.14. The van der Waals surface area contributed by atoms with E-state index in [9.17, 15) is 4.79 Å². The zero-order chi connectivity index (χ0) is 11.5. The van der Waals surface area contributed by atoms with Crippen LogP contribution in [0.3, 0.4) is 0 Å². The zero-order valence-electron chi connectivity index (χ0n) is 9.44. The summed E-state index contributed by atoms with van der Waals surface area (Å²) in [5.74, 6) is 0.472. The molecule has 2 nitrogen and oxygen atoms in total. The van der Waals surface area contributed by atoms with E-state index >= 15 is 0 Å². The largest absolute Gasteiger partial charge is 0.324 e. The molecule has 0 aliphatic carbocycles. The second kappa shape index (κ2) is 4.74. The Balaban J connectivity index is 2.19.